The van der Waals surface area contributed by atoms with E-state index in [1.165, 1.54) is 12.8 Å². The summed E-state index contributed by atoms with van der Waals surface area (Å²) in [5, 5.41) is 0. The van der Waals surface area contributed by atoms with Crippen LogP contribution in [0.25, 0.3) is 0 Å². The van der Waals surface area contributed by atoms with Crippen LogP contribution in [-0.4, -0.2) is 38.0 Å². The number of rotatable bonds is 5. The van der Waals surface area contributed by atoms with E-state index in [0.717, 1.165) is 12.8 Å². The van der Waals surface area contributed by atoms with Gasteiger partial charge in [-0.2, -0.15) is 0 Å². The maximum absolute atomic E-state index is 12.3. The summed E-state index contributed by atoms with van der Waals surface area (Å²) in [5.41, 5.74) is 5.94. The highest BCUT2D eigenvalue weighted by molar-refractivity contribution is 4.88. The average Bonchev–Trinajstić information content (AvgIpc) is 2.16. The fourth-order valence-corrected chi connectivity index (χ4v) is 3.04. The number of halogens is 2. The Bertz CT molecular complexity index is 211. The minimum atomic E-state index is -2.25. The fraction of sp³-hybridized carbons (Fsp3) is 1.00. The molecule has 1 fully saturated rings. The Hall–Kier alpha value is -0.220. The third-order valence-corrected chi connectivity index (χ3v) is 3.67. The zero-order valence-electron chi connectivity index (χ0n) is 10.4. The molecule has 0 radical (unpaired) electrons. The second-order valence-electron chi connectivity index (χ2n) is 5.49. The Kier molecular flexibility index (Phi) is 5.12. The minimum Gasteiger partial charge on any atom is -0.330 e. The molecule has 1 rings (SSSR count). The van der Waals surface area contributed by atoms with Crippen molar-refractivity contribution in [1.82, 2.24) is 4.90 Å². The zero-order chi connectivity index (χ0) is 12.2. The van der Waals surface area contributed by atoms with Crippen LogP contribution in [0.2, 0.25) is 0 Å². The number of hydrogen-bond acceptors (Lipinski definition) is 2. The van der Waals surface area contributed by atoms with Crippen molar-refractivity contribution in [3.05, 3.63) is 0 Å². The number of alkyl halides is 2. The first-order valence-electron chi connectivity index (χ1n) is 6.14. The summed E-state index contributed by atoms with van der Waals surface area (Å²) in [6.45, 7) is 3.41. The summed E-state index contributed by atoms with van der Waals surface area (Å²) < 4.78 is 24.5. The van der Waals surface area contributed by atoms with Crippen LogP contribution in [0.15, 0.2) is 0 Å². The maximum atomic E-state index is 12.3. The smallest absolute Gasteiger partial charge is 0.251 e. The van der Waals surface area contributed by atoms with E-state index in [1.807, 2.05) is 0 Å². The monoisotopic (exact) mass is 234 g/mol. The van der Waals surface area contributed by atoms with Gasteiger partial charge in [0.05, 0.1) is 6.54 Å². The Labute approximate surface area is 97.2 Å². The molecule has 0 aromatic rings. The quantitative estimate of drug-likeness (QED) is 0.791. The van der Waals surface area contributed by atoms with E-state index < -0.39 is 6.43 Å². The predicted molar refractivity (Wildman–Crippen MR) is 62.6 cm³/mol. The molecule has 1 aliphatic rings. The Morgan fingerprint density at radius 2 is 2.19 bits per heavy atom. The van der Waals surface area contributed by atoms with Gasteiger partial charge in [0.25, 0.3) is 6.43 Å². The summed E-state index contributed by atoms with van der Waals surface area (Å²) in [6, 6.07) is 0. The van der Waals surface area contributed by atoms with Crippen molar-refractivity contribution >= 4 is 0 Å². The summed E-state index contributed by atoms with van der Waals surface area (Å²) in [4.78, 5) is 1.73. The van der Waals surface area contributed by atoms with Crippen LogP contribution in [-0.2, 0) is 0 Å². The van der Waals surface area contributed by atoms with Gasteiger partial charge in [0.15, 0.2) is 0 Å². The Morgan fingerprint density at radius 3 is 2.69 bits per heavy atom. The van der Waals surface area contributed by atoms with Crippen molar-refractivity contribution in [2.24, 2.45) is 17.1 Å². The molecule has 0 saturated heterocycles. The van der Waals surface area contributed by atoms with E-state index in [4.69, 9.17) is 5.73 Å². The normalized spacial score (nSPS) is 31.3. The average molecular weight is 234 g/mol. The van der Waals surface area contributed by atoms with Crippen molar-refractivity contribution in [3.63, 3.8) is 0 Å². The van der Waals surface area contributed by atoms with Crippen LogP contribution in [0.3, 0.4) is 0 Å². The van der Waals surface area contributed by atoms with Crippen LogP contribution in [0.1, 0.15) is 32.6 Å². The third-order valence-electron chi connectivity index (χ3n) is 3.67. The molecule has 16 heavy (non-hydrogen) atoms. The van der Waals surface area contributed by atoms with Crippen LogP contribution >= 0.6 is 0 Å². The third kappa shape index (κ3) is 3.98. The highest BCUT2D eigenvalue weighted by Gasteiger charge is 2.34. The van der Waals surface area contributed by atoms with Gasteiger partial charge in [-0.05, 0) is 37.8 Å². The Balaban J connectivity index is 2.52. The largest absolute Gasteiger partial charge is 0.330 e. The van der Waals surface area contributed by atoms with Crippen molar-refractivity contribution in [3.8, 4) is 0 Å². The second kappa shape index (κ2) is 5.92. The van der Waals surface area contributed by atoms with Gasteiger partial charge >= 0.3 is 0 Å². The molecular formula is C12H24F2N2. The first-order chi connectivity index (χ1) is 7.47. The molecule has 1 saturated carbocycles. The molecule has 1 aliphatic carbocycles. The molecule has 0 heterocycles. The van der Waals surface area contributed by atoms with Gasteiger partial charge in [-0.3, -0.25) is 0 Å². The first-order valence-corrected chi connectivity index (χ1v) is 6.14. The van der Waals surface area contributed by atoms with E-state index in [-0.39, 0.29) is 12.0 Å². The molecule has 0 aromatic carbocycles. The standard InChI is InChI=1S/C12H24F2N2/c1-10-4-3-5-12(6-10,8-15)9-16(2)7-11(13)14/h10-11H,3-9,15H2,1-2H3. The van der Waals surface area contributed by atoms with Gasteiger partial charge < -0.3 is 10.6 Å². The van der Waals surface area contributed by atoms with Gasteiger partial charge in [-0.25, -0.2) is 8.78 Å². The molecule has 0 spiro atoms. The second-order valence-corrected chi connectivity index (χ2v) is 5.49. The first kappa shape index (κ1) is 13.8. The molecular weight excluding hydrogens is 210 g/mol. The van der Waals surface area contributed by atoms with Gasteiger partial charge in [0.2, 0.25) is 0 Å². The van der Waals surface area contributed by atoms with E-state index in [9.17, 15) is 8.78 Å². The van der Waals surface area contributed by atoms with Crippen LogP contribution in [0, 0.1) is 11.3 Å². The van der Waals surface area contributed by atoms with Crippen molar-refractivity contribution in [2.45, 2.75) is 39.0 Å². The van der Waals surface area contributed by atoms with Crippen LogP contribution < -0.4 is 5.73 Å². The number of nitrogens with zero attached hydrogens (tertiary/aromatic N) is 1. The van der Waals surface area contributed by atoms with Crippen LogP contribution in [0.5, 0.6) is 0 Å². The number of nitrogens with two attached hydrogens (primary N) is 1. The summed E-state index contributed by atoms with van der Waals surface area (Å²) in [7, 11) is 1.77. The summed E-state index contributed by atoms with van der Waals surface area (Å²) in [6.07, 6.45) is 2.35. The van der Waals surface area contributed by atoms with E-state index in [2.05, 4.69) is 6.92 Å². The molecule has 96 valence electrons. The van der Waals surface area contributed by atoms with Crippen molar-refractivity contribution < 1.29 is 8.78 Å². The maximum Gasteiger partial charge on any atom is 0.251 e. The lowest BCUT2D eigenvalue weighted by Crippen LogP contribution is -2.45. The lowest BCUT2D eigenvalue weighted by atomic mass is 9.70. The molecule has 4 heteroatoms. The van der Waals surface area contributed by atoms with Gasteiger partial charge in [-0.1, -0.05) is 19.8 Å². The predicted octanol–water partition coefficient (Wildman–Crippen LogP) is 2.34. The van der Waals surface area contributed by atoms with E-state index in [0.29, 0.717) is 19.0 Å². The highest BCUT2D eigenvalue weighted by atomic mass is 19.3. The SMILES string of the molecule is CC1CCCC(CN)(CN(C)CC(F)F)C1. The lowest BCUT2D eigenvalue weighted by Gasteiger charge is -2.41. The Morgan fingerprint density at radius 1 is 1.50 bits per heavy atom. The molecule has 2 nitrogen and oxygen atoms in total. The topological polar surface area (TPSA) is 29.3 Å². The van der Waals surface area contributed by atoms with Crippen molar-refractivity contribution in [1.29, 1.82) is 0 Å². The van der Waals surface area contributed by atoms with Crippen LogP contribution in [0.4, 0.5) is 8.78 Å². The highest BCUT2D eigenvalue weighted by Crippen LogP contribution is 2.39. The molecule has 0 bridgehead atoms. The molecule has 2 unspecified atom stereocenters. The van der Waals surface area contributed by atoms with Gasteiger partial charge in [0, 0.05) is 6.54 Å². The van der Waals surface area contributed by atoms with Gasteiger partial charge in [0.1, 0.15) is 0 Å². The van der Waals surface area contributed by atoms with E-state index in [1.54, 1.807) is 11.9 Å². The number of hydrogen-bond donors (Lipinski definition) is 1. The van der Waals surface area contributed by atoms with E-state index >= 15 is 0 Å². The van der Waals surface area contributed by atoms with Gasteiger partial charge in [-0.15, -0.1) is 0 Å². The molecule has 0 aliphatic heterocycles. The fourth-order valence-electron chi connectivity index (χ4n) is 3.04. The van der Waals surface area contributed by atoms with Crippen molar-refractivity contribution in [2.75, 3.05) is 26.7 Å². The summed E-state index contributed by atoms with van der Waals surface area (Å²) in [5.74, 6) is 0.678. The molecule has 0 amide bonds. The molecule has 2 N–H and O–H groups in total. The lowest BCUT2D eigenvalue weighted by molar-refractivity contribution is 0.0543. The zero-order valence-corrected chi connectivity index (χ0v) is 10.4. The summed E-state index contributed by atoms with van der Waals surface area (Å²) >= 11 is 0. The molecule has 2 atom stereocenters. The molecule has 0 aromatic heterocycles. The minimum absolute atomic E-state index is 0.0707.